The van der Waals surface area contributed by atoms with Crippen LogP contribution in [-0.2, 0) is 6.42 Å². The van der Waals surface area contributed by atoms with Crippen LogP contribution in [0.5, 0.6) is 11.5 Å². The second-order valence-corrected chi connectivity index (χ2v) is 3.00. The van der Waals surface area contributed by atoms with Crippen LogP contribution in [0.15, 0.2) is 30.9 Å². The first-order chi connectivity index (χ1) is 7.73. The van der Waals surface area contributed by atoms with Crippen LogP contribution in [0.25, 0.3) is 0 Å². The van der Waals surface area contributed by atoms with Crippen molar-refractivity contribution in [2.75, 3.05) is 20.8 Å². The Kier molecular flexibility index (Phi) is 7.98. The summed E-state index contributed by atoms with van der Waals surface area (Å²) in [5.41, 5.74) is 1.17. The van der Waals surface area contributed by atoms with Crippen molar-refractivity contribution in [3.63, 3.8) is 0 Å². The van der Waals surface area contributed by atoms with Crippen molar-refractivity contribution in [3.05, 3.63) is 36.4 Å². The highest BCUT2D eigenvalue weighted by Crippen LogP contribution is 2.27. The van der Waals surface area contributed by atoms with Gasteiger partial charge in [0.25, 0.3) is 0 Å². The van der Waals surface area contributed by atoms with E-state index in [-0.39, 0.29) is 6.61 Å². The number of hydrogen-bond acceptors (Lipinski definition) is 3. The third-order valence-corrected chi connectivity index (χ3v) is 1.83. The summed E-state index contributed by atoms with van der Waals surface area (Å²) in [4.78, 5) is 0. The Hall–Kier alpha value is -1.48. The number of aliphatic hydroxyl groups excluding tert-OH is 1. The maximum absolute atomic E-state index is 7.57. The van der Waals surface area contributed by atoms with Crippen LogP contribution >= 0.6 is 0 Å². The fourth-order valence-corrected chi connectivity index (χ4v) is 1.17. The molecule has 1 aromatic rings. The Labute approximate surface area is 97.3 Å². The van der Waals surface area contributed by atoms with E-state index in [1.807, 2.05) is 24.3 Å². The first-order valence-corrected chi connectivity index (χ1v) is 5.16. The van der Waals surface area contributed by atoms with Crippen LogP contribution in [0, 0.1) is 0 Å². The van der Waals surface area contributed by atoms with E-state index in [4.69, 9.17) is 14.6 Å². The molecule has 0 fully saturated rings. The second kappa shape index (κ2) is 8.80. The number of aliphatic hydroxyl groups is 1. The van der Waals surface area contributed by atoms with Crippen LogP contribution in [0.1, 0.15) is 12.5 Å². The minimum Gasteiger partial charge on any atom is -0.493 e. The molecule has 3 nitrogen and oxygen atoms in total. The molecule has 0 aromatic heterocycles. The van der Waals surface area contributed by atoms with Gasteiger partial charge in [-0.15, -0.1) is 6.58 Å². The largest absolute Gasteiger partial charge is 0.493 e. The monoisotopic (exact) mass is 224 g/mol. The molecule has 0 bridgehead atoms. The van der Waals surface area contributed by atoms with Crippen molar-refractivity contribution in [1.29, 1.82) is 0 Å². The molecule has 0 amide bonds. The molecule has 0 aliphatic rings. The number of hydrogen-bond donors (Lipinski definition) is 1. The lowest BCUT2D eigenvalue weighted by Crippen LogP contribution is -1.91. The quantitative estimate of drug-likeness (QED) is 0.798. The molecule has 0 aliphatic heterocycles. The Morgan fingerprint density at radius 3 is 2.25 bits per heavy atom. The lowest BCUT2D eigenvalue weighted by Gasteiger charge is -2.08. The van der Waals surface area contributed by atoms with E-state index in [9.17, 15) is 0 Å². The Morgan fingerprint density at radius 1 is 1.25 bits per heavy atom. The molecule has 0 spiro atoms. The molecule has 0 radical (unpaired) electrons. The first kappa shape index (κ1) is 14.5. The lowest BCUT2D eigenvalue weighted by molar-refractivity contribution is 0.318. The molecule has 0 saturated carbocycles. The zero-order chi connectivity index (χ0) is 12.4. The van der Waals surface area contributed by atoms with Crippen LogP contribution in [-0.4, -0.2) is 25.9 Å². The summed E-state index contributed by atoms with van der Waals surface area (Å²) in [5, 5.41) is 7.57. The molecule has 1 N–H and O–H groups in total. The first-order valence-electron chi connectivity index (χ1n) is 5.16. The minimum atomic E-state index is 0.250. The molecule has 1 aromatic carbocycles. The molecular weight excluding hydrogens is 204 g/mol. The standard InChI is InChI=1S/C11H14O2.C2H6O/c1-4-5-9-6-7-10(12-2)11(8-9)13-3;1-2-3/h4,6-8H,1,5H2,2-3H3;3H,2H2,1H3. The van der Waals surface area contributed by atoms with Gasteiger partial charge in [-0.05, 0) is 31.0 Å². The third kappa shape index (κ3) is 4.84. The summed E-state index contributed by atoms with van der Waals surface area (Å²) in [5.74, 6) is 1.53. The summed E-state index contributed by atoms with van der Waals surface area (Å²) < 4.78 is 10.3. The molecule has 0 saturated heterocycles. The average Bonchev–Trinajstić information content (AvgIpc) is 2.30. The van der Waals surface area contributed by atoms with Crippen LogP contribution in [0.3, 0.4) is 0 Å². The molecule has 0 atom stereocenters. The molecule has 3 heteroatoms. The fraction of sp³-hybridized carbons (Fsp3) is 0.385. The topological polar surface area (TPSA) is 38.7 Å². The van der Waals surface area contributed by atoms with E-state index in [1.165, 1.54) is 5.56 Å². The molecule has 16 heavy (non-hydrogen) atoms. The summed E-state index contributed by atoms with van der Waals surface area (Å²) in [6.45, 7) is 5.61. The van der Waals surface area contributed by atoms with E-state index in [0.717, 1.165) is 17.9 Å². The fourth-order valence-electron chi connectivity index (χ4n) is 1.17. The SMILES string of the molecule is C=CCc1ccc(OC)c(OC)c1.CCO. The smallest absolute Gasteiger partial charge is 0.160 e. The van der Waals surface area contributed by atoms with Crippen molar-refractivity contribution in [2.24, 2.45) is 0 Å². The van der Waals surface area contributed by atoms with Gasteiger partial charge in [0.05, 0.1) is 14.2 Å². The highest BCUT2D eigenvalue weighted by Gasteiger charge is 2.02. The summed E-state index contributed by atoms with van der Waals surface area (Å²) in [6.07, 6.45) is 2.71. The number of methoxy groups -OCH3 is 2. The average molecular weight is 224 g/mol. The van der Waals surface area contributed by atoms with Gasteiger partial charge in [-0.25, -0.2) is 0 Å². The Bertz CT molecular complexity index is 308. The lowest BCUT2D eigenvalue weighted by atomic mass is 10.1. The Balaban J connectivity index is 0.000000673. The normalized spacial score (nSPS) is 8.75. The minimum absolute atomic E-state index is 0.250. The van der Waals surface area contributed by atoms with Gasteiger partial charge < -0.3 is 14.6 Å². The number of ether oxygens (including phenoxy) is 2. The molecule has 0 aliphatic carbocycles. The van der Waals surface area contributed by atoms with E-state index in [0.29, 0.717) is 0 Å². The number of rotatable bonds is 4. The summed E-state index contributed by atoms with van der Waals surface area (Å²) >= 11 is 0. The van der Waals surface area contributed by atoms with Gasteiger partial charge in [-0.3, -0.25) is 0 Å². The maximum Gasteiger partial charge on any atom is 0.160 e. The van der Waals surface area contributed by atoms with Gasteiger partial charge in [0, 0.05) is 6.61 Å². The van der Waals surface area contributed by atoms with Crippen molar-refractivity contribution in [3.8, 4) is 11.5 Å². The van der Waals surface area contributed by atoms with Gasteiger partial charge in [0.2, 0.25) is 0 Å². The van der Waals surface area contributed by atoms with Crippen molar-refractivity contribution in [1.82, 2.24) is 0 Å². The van der Waals surface area contributed by atoms with Crippen LogP contribution < -0.4 is 9.47 Å². The zero-order valence-corrected chi connectivity index (χ0v) is 10.2. The van der Waals surface area contributed by atoms with Gasteiger partial charge in [0.15, 0.2) is 11.5 Å². The molecular formula is C13H20O3. The zero-order valence-electron chi connectivity index (χ0n) is 10.2. The van der Waals surface area contributed by atoms with Crippen LogP contribution in [0.2, 0.25) is 0 Å². The van der Waals surface area contributed by atoms with Gasteiger partial charge in [-0.2, -0.15) is 0 Å². The van der Waals surface area contributed by atoms with E-state index < -0.39 is 0 Å². The van der Waals surface area contributed by atoms with E-state index >= 15 is 0 Å². The second-order valence-electron chi connectivity index (χ2n) is 3.00. The van der Waals surface area contributed by atoms with Crippen molar-refractivity contribution >= 4 is 0 Å². The van der Waals surface area contributed by atoms with Crippen LogP contribution in [0.4, 0.5) is 0 Å². The molecule has 1 rings (SSSR count). The van der Waals surface area contributed by atoms with Gasteiger partial charge in [0.1, 0.15) is 0 Å². The Morgan fingerprint density at radius 2 is 1.81 bits per heavy atom. The van der Waals surface area contributed by atoms with Crippen molar-refractivity contribution in [2.45, 2.75) is 13.3 Å². The number of allylic oxidation sites excluding steroid dienone is 1. The van der Waals surface area contributed by atoms with Gasteiger partial charge in [-0.1, -0.05) is 12.1 Å². The third-order valence-electron chi connectivity index (χ3n) is 1.83. The van der Waals surface area contributed by atoms with Crippen molar-refractivity contribution < 1.29 is 14.6 Å². The van der Waals surface area contributed by atoms with E-state index in [1.54, 1.807) is 21.1 Å². The summed E-state index contributed by atoms with van der Waals surface area (Å²) in [6, 6.07) is 5.86. The highest BCUT2D eigenvalue weighted by molar-refractivity contribution is 5.43. The maximum atomic E-state index is 7.57. The molecule has 90 valence electrons. The number of benzene rings is 1. The molecule has 0 unspecified atom stereocenters. The predicted molar refractivity (Wildman–Crippen MR) is 66.2 cm³/mol. The van der Waals surface area contributed by atoms with E-state index in [2.05, 4.69) is 6.58 Å². The summed E-state index contributed by atoms with van der Waals surface area (Å²) in [7, 11) is 3.26. The van der Waals surface area contributed by atoms with Gasteiger partial charge >= 0.3 is 0 Å². The predicted octanol–water partition coefficient (Wildman–Crippen LogP) is 2.43. The molecule has 0 heterocycles. The highest BCUT2D eigenvalue weighted by atomic mass is 16.5.